The highest BCUT2D eigenvalue weighted by atomic mass is 32.1. The van der Waals surface area contributed by atoms with Gasteiger partial charge >= 0.3 is 0 Å². The number of fused-ring (bicyclic) bond motifs is 1. The third kappa shape index (κ3) is 1.56. The monoisotopic (exact) mass is 188 g/mol. The molecule has 66 valence electrons. The molecule has 0 N–H and O–H groups in total. The van der Waals surface area contributed by atoms with Crippen LogP contribution in [-0.2, 0) is 0 Å². The molecular formula is C12H12S. The molecule has 0 spiro atoms. The normalized spacial score (nSPS) is 10.7. The third-order valence-electron chi connectivity index (χ3n) is 2.44. The molecule has 0 aromatic heterocycles. The average Bonchev–Trinajstić information content (AvgIpc) is 2.08. The van der Waals surface area contributed by atoms with Gasteiger partial charge in [-0.25, -0.2) is 0 Å². The number of hydrogen-bond donors (Lipinski definition) is 1. The zero-order valence-electron chi connectivity index (χ0n) is 7.83. The number of thiol groups is 1. The first-order valence-corrected chi connectivity index (χ1v) is 4.81. The molecule has 0 radical (unpaired) electrons. The fourth-order valence-electron chi connectivity index (χ4n) is 1.51. The van der Waals surface area contributed by atoms with Gasteiger partial charge in [0.25, 0.3) is 0 Å². The Morgan fingerprint density at radius 3 is 2.15 bits per heavy atom. The molecule has 13 heavy (non-hydrogen) atoms. The Hall–Kier alpha value is -0.950. The predicted octanol–water partition coefficient (Wildman–Crippen LogP) is 3.75. The molecule has 0 heterocycles. The van der Waals surface area contributed by atoms with E-state index in [2.05, 4.69) is 50.7 Å². The summed E-state index contributed by atoms with van der Waals surface area (Å²) in [6.07, 6.45) is 0. The van der Waals surface area contributed by atoms with Crippen LogP contribution in [0.4, 0.5) is 0 Å². The van der Waals surface area contributed by atoms with E-state index in [0.29, 0.717) is 0 Å². The van der Waals surface area contributed by atoms with E-state index < -0.39 is 0 Å². The molecule has 2 aromatic rings. The van der Waals surface area contributed by atoms with Gasteiger partial charge in [0.1, 0.15) is 0 Å². The van der Waals surface area contributed by atoms with Crippen LogP contribution in [0.2, 0.25) is 0 Å². The van der Waals surface area contributed by atoms with Gasteiger partial charge in [-0.2, -0.15) is 0 Å². The Labute approximate surface area is 84.0 Å². The Bertz CT molecular complexity index is 458. The first kappa shape index (κ1) is 8.64. The Kier molecular flexibility index (Phi) is 2.04. The molecule has 0 saturated heterocycles. The van der Waals surface area contributed by atoms with Gasteiger partial charge in [-0.15, -0.1) is 12.6 Å². The van der Waals surface area contributed by atoms with Crippen LogP contribution < -0.4 is 0 Å². The Morgan fingerprint density at radius 2 is 1.46 bits per heavy atom. The summed E-state index contributed by atoms with van der Waals surface area (Å²) in [4.78, 5) is 1.02. The van der Waals surface area contributed by atoms with Crippen molar-refractivity contribution < 1.29 is 0 Å². The SMILES string of the molecule is Cc1cc2ccc(S)cc2cc1C. The summed E-state index contributed by atoms with van der Waals surface area (Å²) < 4.78 is 0. The summed E-state index contributed by atoms with van der Waals surface area (Å²) in [5.74, 6) is 0. The maximum atomic E-state index is 4.32. The number of benzene rings is 2. The van der Waals surface area contributed by atoms with Crippen LogP contribution in [0.25, 0.3) is 10.8 Å². The number of hydrogen-bond acceptors (Lipinski definition) is 1. The van der Waals surface area contributed by atoms with Crippen molar-refractivity contribution in [3.8, 4) is 0 Å². The van der Waals surface area contributed by atoms with Crippen LogP contribution in [0.3, 0.4) is 0 Å². The van der Waals surface area contributed by atoms with Gasteiger partial charge in [0.2, 0.25) is 0 Å². The minimum absolute atomic E-state index is 1.02. The summed E-state index contributed by atoms with van der Waals surface area (Å²) in [5.41, 5.74) is 2.69. The lowest BCUT2D eigenvalue weighted by atomic mass is 10.0. The molecule has 0 atom stereocenters. The molecule has 0 unspecified atom stereocenters. The minimum Gasteiger partial charge on any atom is -0.143 e. The second-order valence-corrected chi connectivity index (χ2v) is 3.98. The van der Waals surface area contributed by atoms with Gasteiger partial charge in [0.15, 0.2) is 0 Å². The first-order chi connectivity index (χ1) is 6.16. The maximum Gasteiger partial charge on any atom is 0.00463 e. The lowest BCUT2D eigenvalue weighted by molar-refractivity contribution is 1.36. The summed E-state index contributed by atoms with van der Waals surface area (Å²) in [6, 6.07) is 10.7. The lowest BCUT2D eigenvalue weighted by Crippen LogP contribution is -1.81. The molecule has 0 fully saturated rings. The van der Waals surface area contributed by atoms with Crippen LogP contribution in [0.1, 0.15) is 11.1 Å². The first-order valence-electron chi connectivity index (χ1n) is 4.37. The van der Waals surface area contributed by atoms with E-state index in [9.17, 15) is 0 Å². The van der Waals surface area contributed by atoms with Gasteiger partial charge in [-0.3, -0.25) is 0 Å². The van der Waals surface area contributed by atoms with E-state index in [4.69, 9.17) is 0 Å². The topological polar surface area (TPSA) is 0 Å². The van der Waals surface area contributed by atoms with Crippen LogP contribution in [0.5, 0.6) is 0 Å². The highest BCUT2D eigenvalue weighted by Crippen LogP contribution is 2.21. The second-order valence-electron chi connectivity index (χ2n) is 3.47. The molecular weight excluding hydrogens is 176 g/mol. The Balaban J connectivity index is 2.81. The van der Waals surface area contributed by atoms with Gasteiger partial charge < -0.3 is 0 Å². The molecule has 2 aromatic carbocycles. The van der Waals surface area contributed by atoms with Crippen LogP contribution in [-0.4, -0.2) is 0 Å². The molecule has 0 aliphatic rings. The molecule has 0 nitrogen and oxygen atoms in total. The summed E-state index contributed by atoms with van der Waals surface area (Å²) >= 11 is 4.32. The van der Waals surface area contributed by atoms with Crippen molar-refractivity contribution in [3.63, 3.8) is 0 Å². The van der Waals surface area contributed by atoms with Crippen molar-refractivity contribution in [1.82, 2.24) is 0 Å². The standard InChI is InChI=1S/C12H12S/c1-8-5-10-3-4-12(13)7-11(10)6-9(8)2/h3-7,13H,1-2H3. The van der Waals surface area contributed by atoms with Crippen molar-refractivity contribution in [2.24, 2.45) is 0 Å². The number of rotatable bonds is 0. The maximum absolute atomic E-state index is 4.32. The second kappa shape index (κ2) is 3.08. The largest absolute Gasteiger partial charge is 0.143 e. The quantitative estimate of drug-likeness (QED) is 0.598. The van der Waals surface area contributed by atoms with Crippen LogP contribution in [0, 0.1) is 13.8 Å². The Morgan fingerprint density at radius 1 is 0.846 bits per heavy atom. The minimum atomic E-state index is 1.02. The molecule has 2 rings (SSSR count). The van der Waals surface area contributed by atoms with Crippen molar-refractivity contribution in [3.05, 3.63) is 41.5 Å². The fourth-order valence-corrected chi connectivity index (χ4v) is 1.73. The van der Waals surface area contributed by atoms with E-state index in [1.165, 1.54) is 21.9 Å². The zero-order valence-corrected chi connectivity index (χ0v) is 8.73. The smallest absolute Gasteiger partial charge is 0.00463 e. The van der Waals surface area contributed by atoms with Gasteiger partial charge in [0.05, 0.1) is 0 Å². The predicted molar refractivity (Wildman–Crippen MR) is 60.7 cm³/mol. The van der Waals surface area contributed by atoms with Crippen molar-refractivity contribution >= 4 is 23.4 Å². The fraction of sp³-hybridized carbons (Fsp3) is 0.167. The summed E-state index contributed by atoms with van der Waals surface area (Å²) in [7, 11) is 0. The molecule has 0 amide bonds. The molecule has 0 bridgehead atoms. The molecule has 0 aliphatic carbocycles. The van der Waals surface area contributed by atoms with E-state index in [-0.39, 0.29) is 0 Å². The van der Waals surface area contributed by atoms with Gasteiger partial charge in [0, 0.05) is 4.90 Å². The van der Waals surface area contributed by atoms with Crippen LogP contribution >= 0.6 is 12.6 Å². The van der Waals surface area contributed by atoms with Crippen molar-refractivity contribution in [1.29, 1.82) is 0 Å². The summed E-state index contributed by atoms with van der Waals surface area (Å²) in [5, 5.41) is 2.57. The molecule has 1 heteroatoms. The van der Waals surface area contributed by atoms with E-state index in [0.717, 1.165) is 4.90 Å². The molecule has 0 aliphatic heterocycles. The molecule has 0 saturated carbocycles. The van der Waals surface area contributed by atoms with Crippen LogP contribution in [0.15, 0.2) is 35.2 Å². The van der Waals surface area contributed by atoms with Gasteiger partial charge in [-0.05, 0) is 47.9 Å². The number of aryl methyl sites for hydroxylation is 2. The van der Waals surface area contributed by atoms with Gasteiger partial charge in [-0.1, -0.05) is 18.2 Å². The highest BCUT2D eigenvalue weighted by Gasteiger charge is 1.97. The average molecular weight is 188 g/mol. The lowest BCUT2D eigenvalue weighted by Gasteiger charge is -2.04. The highest BCUT2D eigenvalue weighted by molar-refractivity contribution is 7.80. The third-order valence-corrected chi connectivity index (χ3v) is 2.71. The van der Waals surface area contributed by atoms with E-state index in [1.807, 2.05) is 6.07 Å². The summed E-state index contributed by atoms with van der Waals surface area (Å²) in [6.45, 7) is 4.28. The van der Waals surface area contributed by atoms with E-state index in [1.54, 1.807) is 0 Å². The van der Waals surface area contributed by atoms with Crippen molar-refractivity contribution in [2.75, 3.05) is 0 Å². The van der Waals surface area contributed by atoms with E-state index >= 15 is 0 Å². The van der Waals surface area contributed by atoms with Crippen molar-refractivity contribution in [2.45, 2.75) is 18.7 Å². The zero-order chi connectivity index (χ0) is 9.42.